The lowest BCUT2D eigenvalue weighted by atomic mass is 9.89. The molecule has 2 nitrogen and oxygen atoms in total. The molecule has 1 saturated carbocycles. The van der Waals surface area contributed by atoms with Crippen molar-refractivity contribution in [3.8, 4) is 5.75 Å². The second-order valence-corrected chi connectivity index (χ2v) is 5.50. The van der Waals surface area contributed by atoms with Crippen LogP contribution in [0.15, 0.2) is 24.3 Å². The molecule has 1 fully saturated rings. The number of rotatable bonds is 5. The van der Waals surface area contributed by atoms with Gasteiger partial charge in [-0.25, -0.2) is 0 Å². The molecule has 1 aromatic carbocycles. The van der Waals surface area contributed by atoms with Crippen LogP contribution in [0.3, 0.4) is 0 Å². The predicted octanol–water partition coefficient (Wildman–Crippen LogP) is 4.51. The highest BCUT2D eigenvalue weighted by Crippen LogP contribution is 2.25. The summed E-state index contributed by atoms with van der Waals surface area (Å²) < 4.78 is 5.47. The molecule has 0 bridgehead atoms. The monoisotopic (exact) mass is 260 g/mol. The molecule has 2 heteroatoms. The molecule has 0 heterocycles. The molecule has 2 rings (SSSR count). The Balaban J connectivity index is 1.86. The van der Waals surface area contributed by atoms with Crippen LogP contribution in [0.2, 0.25) is 0 Å². The van der Waals surface area contributed by atoms with E-state index in [0.717, 1.165) is 32.1 Å². The standard InChI is InChI=1S/C17H24O2/c1-2-3-7-14-10-12-16(13-11-14)19-17(18)15-8-5-4-6-9-15/h10-13,15H,2-9H2,1H3. The fourth-order valence-corrected chi connectivity index (χ4v) is 2.64. The van der Waals surface area contributed by atoms with Gasteiger partial charge in [-0.15, -0.1) is 0 Å². The van der Waals surface area contributed by atoms with Crippen molar-refractivity contribution in [1.82, 2.24) is 0 Å². The van der Waals surface area contributed by atoms with Crippen LogP contribution in [0.25, 0.3) is 0 Å². The van der Waals surface area contributed by atoms with Crippen LogP contribution in [0.5, 0.6) is 5.75 Å². The highest BCUT2D eigenvalue weighted by molar-refractivity contribution is 5.75. The van der Waals surface area contributed by atoms with Gasteiger partial charge in [-0.2, -0.15) is 0 Å². The second kappa shape index (κ2) is 7.32. The molecule has 0 atom stereocenters. The van der Waals surface area contributed by atoms with Gasteiger partial charge in [-0.05, 0) is 43.4 Å². The molecular weight excluding hydrogens is 236 g/mol. The van der Waals surface area contributed by atoms with E-state index in [4.69, 9.17) is 4.74 Å². The predicted molar refractivity (Wildman–Crippen MR) is 77.3 cm³/mol. The van der Waals surface area contributed by atoms with Crippen LogP contribution in [0, 0.1) is 5.92 Å². The summed E-state index contributed by atoms with van der Waals surface area (Å²) in [6.45, 7) is 2.19. The Morgan fingerprint density at radius 3 is 2.47 bits per heavy atom. The molecule has 0 unspecified atom stereocenters. The van der Waals surface area contributed by atoms with E-state index in [1.54, 1.807) is 0 Å². The quantitative estimate of drug-likeness (QED) is 0.575. The zero-order chi connectivity index (χ0) is 13.5. The number of unbranched alkanes of at least 4 members (excludes halogenated alkanes) is 1. The maximum Gasteiger partial charge on any atom is 0.314 e. The fourth-order valence-electron chi connectivity index (χ4n) is 2.64. The van der Waals surface area contributed by atoms with Gasteiger partial charge in [0.2, 0.25) is 0 Å². The minimum atomic E-state index is -0.0407. The molecule has 0 aromatic heterocycles. The van der Waals surface area contributed by atoms with Crippen molar-refractivity contribution < 1.29 is 9.53 Å². The summed E-state index contributed by atoms with van der Waals surface area (Å²) in [5.41, 5.74) is 1.32. The number of benzene rings is 1. The van der Waals surface area contributed by atoms with E-state index in [0.29, 0.717) is 5.75 Å². The van der Waals surface area contributed by atoms with Gasteiger partial charge in [-0.1, -0.05) is 44.7 Å². The van der Waals surface area contributed by atoms with Crippen LogP contribution >= 0.6 is 0 Å². The third-order valence-corrected chi connectivity index (χ3v) is 3.90. The Kier molecular flexibility index (Phi) is 5.44. The topological polar surface area (TPSA) is 26.3 Å². The third-order valence-electron chi connectivity index (χ3n) is 3.90. The number of hydrogen-bond donors (Lipinski definition) is 0. The molecule has 1 aliphatic carbocycles. The number of carbonyl (C=O) groups is 1. The van der Waals surface area contributed by atoms with E-state index >= 15 is 0 Å². The van der Waals surface area contributed by atoms with E-state index in [1.807, 2.05) is 12.1 Å². The molecular formula is C17H24O2. The van der Waals surface area contributed by atoms with Crippen molar-refractivity contribution >= 4 is 5.97 Å². The number of carbonyl (C=O) groups excluding carboxylic acids is 1. The second-order valence-electron chi connectivity index (χ2n) is 5.50. The average molecular weight is 260 g/mol. The number of esters is 1. The molecule has 0 saturated heterocycles. The highest BCUT2D eigenvalue weighted by Gasteiger charge is 2.22. The lowest BCUT2D eigenvalue weighted by Gasteiger charge is -2.19. The van der Waals surface area contributed by atoms with E-state index < -0.39 is 0 Å². The SMILES string of the molecule is CCCCc1ccc(OC(=O)C2CCCCC2)cc1. The van der Waals surface area contributed by atoms with Crippen molar-refractivity contribution in [3.05, 3.63) is 29.8 Å². The van der Waals surface area contributed by atoms with Crippen molar-refractivity contribution in [3.63, 3.8) is 0 Å². The Hall–Kier alpha value is -1.31. The van der Waals surface area contributed by atoms with Gasteiger partial charge in [0.15, 0.2) is 0 Å². The molecule has 0 amide bonds. The number of aryl methyl sites for hydroxylation is 1. The molecule has 0 spiro atoms. The van der Waals surface area contributed by atoms with Gasteiger partial charge in [0.05, 0.1) is 5.92 Å². The third kappa shape index (κ3) is 4.38. The van der Waals surface area contributed by atoms with Crippen molar-refractivity contribution in [2.45, 2.75) is 58.3 Å². The van der Waals surface area contributed by atoms with Gasteiger partial charge >= 0.3 is 5.97 Å². The van der Waals surface area contributed by atoms with Gasteiger partial charge in [-0.3, -0.25) is 4.79 Å². The van der Waals surface area contributed by atoms with Gasteiger partial charge in [0, 0.05) is 0 Å². The Labute approximate surface area is 116 Å². The van der Waals surface area contributed by atoms with Crippen molar-refractivity contribution in [2.75, 3.05) is 0 Å². The van der Waals surface area contributed by atoms with E-state index in [-0.39, 0.29) is 11.9 Å². The number of hydrogen-bond acceptors (Lipinski definition) is 2. The summed E-state index contributed by atoms with van der Waals surface area (Å²) in [6, 6.07) is 7.98. The summed E-state index contributed by atoms with van der Waals surface area (Å²) in [5.74, 6) is 0.769. The first kappa shape index (κ1) is 14.1. The molecule has 104 valence electrons. The minimum absolute atomic E-state index is 0.0407. The summed E-state index contributed by atoms with van der Waals surface area (Å²) in [6.07, 6.45) is 9.09. The van der Waals surface area contributed by atoms with Crippen LogP contribution in [-0.2, 0) is 11.2 Å². The maximum atomic E-state index is 12.0. The van der Waals surface area contributed by atoms with Gasteiger partial charge < -0.3 is 4.74 Å². The highest BCUT2D eigenvalue weighted by atomic mass is 16.5. The zero-order valence-electron chi connectivity index (χ0n) is 11.9. The summed E-state index contributed by atoms with van der Waals surface area (Å²) in [7, 11) is 0. The maximum absolute atomic E-state index is 12.0. The smallest absolute Gasteiger partial charge is 0.314 e. The molecule has 1 aliphatic rings. The lowest BCUT2D eigenvalue weighted by Crippen LogP contribution is -2.22. The van der Waals surface area contributed by atoms with Crippen LogP contribution in [-0.4, -0.2) is 5.97 Å². The van der Waals surface area contributed by atoms with Gasteiger partial charge in [0.1, 0.15) is 5.75 Å². The Morgan fingerprint density at radius 2 is 1.84 bits per heavy atom. The average Bonchev–Trinajstić information content (AvgIpc) is 2.47. The van der Waals surface area contributed by atoms with Crippen molar-refractivity contribution in [1.29, 1.82) is 0 Å². The minimum Gasteiger partial charge on any atom is -0.426 e. The van der Waals surface area contributed by atoms with E-state index in [9.17, 15) is 4.79 Å². The van der Waals surface area contributed by atoms with Crippen LogP contribution in [0.4, 0.5) is 0 Å². The van der Waals surface area contributed by atoms with Crippen LogP contribution in [0.1, 0.15) is 57.4 Å². The van der Waals surface area contributed by atoms with E-state index in [1.165, 1.54) is 24.8 Å². The first-order valence-corrected chi connectivity index (χ1v) is 7.60. The Bertz CT molecular complexity index is 388. The summed E-state index contributed by atoms with van der Waals surface area (Å²) in [4.78, 5) is 12.0. The molecule has 1 aromatic rings. The molecule has 0 radical (unpaired) electrons. The molecule has 0 aliphatic heterocycles. The molecule has 19 heavy (non-hydrogen) atoms. The lowest BCUT2D eigenvalue weighted by molar-refractivity contribution is -0.139. The van der Waals surface area contributed by atoms with E-state index in [2.05, 4.69) is 19.1 Å². The van der Waals surface area contributed by atoms with Crippen LogP contribution < -0.4 is 4.74 Å². The number of ether oxygens (including phenoxy) is 1. The summed E-state index contributed by atoms with van der Waals surface area (Å²) in [5, 5.41) is 0. The zero-order valence-corrected chi connectivity index (χ0v) is 11.9. The van der Waals surface area contributed by atoms with Gasteiger partial charge in [0.25, 0.3) is 0 Å². The normalized spacial score (nSPS) is 16.3. The first-order valence-electron chi connectivity index (χ1n) is 7.60. The van der Waals surface area contributed by atoms with Crippen molar-refractivity contribution in [2.24, 2.45) is 5.92 Å². The largest absolute Gasteiger partial charge is 0.426 e. The molecule has 0 N–H and O–H groups in total. The summed E-state index contributed by atoms with van der Waals surface area (Å²) >= 11 is 0. The Morgan fingerprint density at radius 1 is 1.16 bits per heavy atom. The first-order chi connectivity index (χ1) is 9.29. The fraction of sp³-hybridized carbons (Fsp3) is 0.588.